The molecule has 0 radical (unpaired) electrons. The van der Waals surface area contributed by atoms with Gasteiger partial charge in [-0.15, -0.1) is 0 Å². The average Bonchev–Trinajstić information content (AvgIpc) is 3.45. The molecular weight excluding hydrogens is 336 g/mol. The smallest absolute Gasteiger partial charge is 0.318 e. The molecule has 1 aliphatic carbocycles. The number of rotatable bonds is 5. The molecule has 0 spiro atoms. The van der Waals surface area contributed by atoms with E-state index in [4.69, 9.17) is 4.74 Å². The van der Waals surface area contributed by atoms with Gasteiger partial charge in [0.1, 0.15) is 5.76 Å². The Balaban J connectivity index is 1.59. The third-order valence-corrected chi connectivity index (χ3v) is 6.43. The van der Waals surface area contributed by atoms with Gasteiger partial charge in [0.25, 0.3) is 15.7 Å². The third kappa shape index (κ3) is 2.40. The van der Waals surface area contributed by atoms with Gasteiger partial charge in [-0.05, 0) is 30.9 Å². The minimum absolute atomic E-state index is 0.158. The van der Waals surface area contributed by atoms with Gasteiger partial charge >= 0.3 is 5.97 Å². The SMILES string of the molecule is O=C1OC(C2C[N@]2S(=O)(=O)c2ccccc2[N+](=O)[O-])=C[C@@H]1C1CC1. The number of hydrogen-bond acceptors (Lipinski definition) is 6. The minimum atomic E-state index is -4.01. The number of para-hydroxylation sites is 1. The highest BCUT2D eigenvalue weighted by Gasteiger charge is 2.53. The summed E-state index contributed by atoms with van der Waals surface area (Å²) in [7, 11) is -4.01. The molecule has 0 amide bonds. The number of cyclic esters (lactones) is 1. The molecule has 3 aliphatic rings. The molecule has 1 saturated heterocycles. The highest BCUT2D eigenvalue weighted by atomic mass is 32.2. The van der Waals surface area contributed by atoms with Crippen LogP contribution in [0, 0.1) is 22.0 Å². The van der Waals surface area contributed by atoms with Crippen molar-refractivity contribution in [1.29, 1.82) is 0 Å². The zero-order valence-electron chi connectivity index (χ0n) is 12.5. The Labute approximate surface area is 137 Å². The fourth-order valence-corrected chi connectivity index (χ4v) is 4.69. The maximum Gasteiger partial charge on any atom is 0.318 e. The number of benzene rings is 1. The van der Waals surface area contributed by atoms with Gasteiger partial charge in [-0.2, -0.15) is 4.31 Å². The largest absolute Gasteiger partial charge is 0.429 e. The lowest BCUT2D eigenvalue weighted by Crippen LogP contribution is -2.17. The summed E-state index contributed by atoms with van der Waals surface area (Å²) >= 11 is 0. The highest BCUT2D eigenvalue weighted by molar-refractivity contribution is 7.89. The fourth-order valence-electron chi connectivity index (χ4n) is 3.00. The number of nitro benzene ring substituents is 1. The van der Waals surface area contributed by atoms with E-state index in [1.807, 2.05) is 0 Å². The van der Waals surface area contributed by atoms with Crippen LogP contribution in [-0.4, -0.2) is 36.2 Å². The van der Waals surface area contributed by atoms with Crippen LogP contribution >= 0.6 is 0 Å². The van der Waals surface area contributed by atoms with E-state index in [1.165, 1.54) is 18.2 Å². The molecule has 3 atom stereocenters. The Hall–Kier alpha value is -2.26. The molecular formula is C15H14N2O6S. The predicted octanol–water partition coefficient (Wildman–Crippen LogP) is 1.43. The average molecular weight is 350 g/mol. The summed E-state index contributed by atoms with van der Waals surface area (Å²) in [6, 6.07) is 4.67. The van der Waals surface area contributed by atoms with Gasteiger partial charge in [0, 0.05) is 12.6 Å². The Bertz CT molecular complexity index is 874. The van der Waals surface area contributed by atoms with E-state index in [0.717, 1.165) is 23.2 Å². The lowest BCUT2D eigenvalue weighted by Gasteiger charge is -2.07. The quantitative estimate of drug-likeness (QED) is 0.344. The number of carbonyl (C=O) groups excluding carboxylic acids is 1. The van der Waals surface area contributed by atoms with Gasteiger partial charge < -0.3 is 4.74 Å². The van der Waals surface area contributed by atoms with E-state index >= 15 is 0 Å². The van der Waals surface area contributed by atoms with Crippen LogP contribution in [0.2, 0.25) is 0 Å². The van der Waals surface area contributed by atoms with Crippen molar-refractivity contribution in [3.8, 4) is 0 Å². The molecule has 2 aliphatic heterocycles. The molecule has 0 bridgehead atoms. The van der Waals surface area contributed by atoms with Crippen LogP contribution in [0.5, 0.6) is 0 Å². The first-order chi connectivity index (χ1) is 11.4. The lowest BCUT2D eigenvalue weighted by molar-refractivity contribution is -0.387. The molecule has 1 saturated carbocycles. The van der Waals surface area contributed by atoms with Crippen LogP contribution in [0.15, 0.2) is 41.0 Å². The normalized spacial score (nSPS) is 29.1. The number of esters is 1. The second-order valence-corrected chi connectivity index (χ2v) is 8.03. The molecule has 2 fully saturated rings. The molecule has 0 aromatic heterocycles. The topological polar surface area (TPSA) is 107 Å². The molecule has 4 rings (SSSR count). The van der Waals surface area contributed by atoms with Gasteiger partial charge in [-0.1, -0.05) is 12.1 Å². The first kappa shape index (κ1) is 15.3. The number of nitrogens with zero attached hydrogens (tertiary/aromatic N) is 2. The molecule has 0 N–H and O–H groups in total. The predicted molar refractivity (Wildman–Crippen MR) is 81.2 cm³/mol. The van der Waals surface area contributed by atoms with Crippen molar-refractivity contribution in [2.24, 2.45) is 11.8 Å². The molecule has 126 valence electrons. The van der Waals surface area contributed by atoms with Crippen molar-refractivity contribution in [2.75, 3.05) is 6.54 Å². The number of carbonyl (C=O) groups is 1. The van der Waals surface area contributed by atoms with Crippen LogP contribution in [-0.2, 0) is 19.6 Å². The summed E-state index contributed by atoms with van der Waals surface area (Å²) in [5, 5.41) is 11.1. The zero-order valence-corrected chi connectivity index (χ0v) is 13.3. The number of hydrogen-bond donors (Lipinski definition) is 0. The number of sulfonamides is 1. The monoisotopic (exact) mass is 350 g/mol. The number of ether oxygens (including phenoxy) is 1. The second kappa shape index (κ2) is 5.12. The Morgan fingerprint density at radius 3 is 2.62 bits per heavy atom. The molecule has 1 unspecified atom stereocenters. The summed E-state index contributed by atoms with van der Waals surface area (Å²) in [4.78, 5) is 21.8. The molecule has 9 heteroatoms. The van der Waals surface area contributed by atoms with Gasteiger partial charge in [0.2, 0.25) is 0 Å². The molecule has 1 aromatic carbocycles. The molecule has 8 nitrogen and oxygen atoms in total. The van der Waals surface area contributed by atoms with Gasteiger partial charge in [0.15, 0.2) is 4.90 Å². The van der Waals surface area contributed by atoms with E-state index < -0.39 is 26.7 Å². The van der Waals surface area contributed by atoms with Crippen LogP contribution < -0.4 is 0 Å². The maximum absolute atomic E-state index is 12.6. The van der Waals surface area contributed by atoms with Crippen molar-refractivity contribution in [3.63, 3.8) is 0 Å². The standard InChI is InChI=1S/C15H14N2O6S/c18-15-10(9-5-6-9)7-13(23-15)12-8-16(12)24(21,22)14-4-2-1-3-11(14)17(19)20/h1-4,7,9-10,12H,5-6,8H2/t10-,12?,16+/m1/s1. The highest BCUT2D eigenvalue weighted by Crippen LogP contribution is 2.44. The van der Waals surface area contributed by atoms with E-state index in [1.54, 1.807) is 6.08 Å². The first-order valence-electron chi connectivity index (χ1n) is 7.58. The third-order valence-electron chi connectivity index (χ3n) is 4.51. The van der Waals surface area contributed by atoms with Gasteiger partial charge in [-0.3, -0.25) is 14.9 Å². The number of nitro groups is 1. The van der Waals surface area contributed by atoms with E-state index in [-0.39, 0.29) is 23.3 Å². The Morgan fingerprint density at radius 2 is 1.96 bits per heavy atom. The Kier molecular flexibility index (Phi) is 3.26. The Morgan fingerprint density at radius 1 is 1.25 bits per heavy atom. The summed E-state index contributed by atoms with van der Waals surface area (Å²) in [5.41, 5.74) is -0.462. The van der Waals surface area contributed by atoms with Gasteiger partial charge in [0.05, 0.1) is 16.9 Å². The lowest BCUT2D eigenvalue weighted by atomic mass is 10.1. The zero-order chi connectivity index (χ0) is 17.1. The fraction of sp³-hybridized carbons (Fsp3) is 0.400. The van der Waals surface area contributed by atoms with Gasteiger partial charge in [-0.25, -0.2) is 8.42 Å². The maximum atomic E-state index is 12.6. The summed E-state index contributed by atoms with van der Waals surface area (Å²) in [6.07, 6.45) is 3.67. The minimum Gasteiger partial charge on any atom is -0.429 e. The van der Waals surface area contributed by atoms with Crippen LogP contribution in [0.4, 0.5) is 5.69 Å². The van der Waals surface area contributed by atoms with E-state index in [9.17, 15) is 23.3 Å². The molecule has 1 aromatic rings. The molecule has 24 heavy (non-hydrogen) atoms. The summed E-state index contributed by atoms with van der Waals surface area (Å²) < 4.78 is 31.6. The van der Waals surface area contributed by atoms with Crippen molar-refractivity contribution >= 4 is 21.7 Å². The van der Waals surface area contributed by atoms with Crippen LogP contribution in [0.1, 0.15) is 12.8 Å². The van der Waals surface area contributed by atoms with Crippen molar-refractivity contribution < 1.29 is 22.9 Å². The van der Waals surface area contributed by atoms with E-state index in [0.29, 0.717) is 11.7 Å². The van der Waals surface area contributed by atoms with Crippen LogP contribution in [0.25, 0.3) is 0 Å². The molecule has 2 heterocycles. The summed E-state index contributed by atoms with van der Waals surface area (Å²) in [6.45, 7) is 0.158. The van der Waals surface area contributed by atoms with Crippen LogP contribution in [0.3, 0.4) is 0 Å². The first-order valence-corrected chi connectivity index (χ1v) is 9.02. The summed E-state index contributed by atoms with van der Waals surface area (Å²) in [5.74, 6) is 0.0340. The van der Waals surface area contributed by atoms with Crippen molar-refractivity contribution in [2.45, 2.75) is 23.8 Å². The van der Waals surface area contributed by atoms with Crippen molar-refractivity contribution in [1.82, 2.24) is 4.31 Å². The van der Waals surface area contributed by atoms with Crippen molar-refractivity contribution in [3.05, 3.63) is 46.2 Å². The second-order valence-electron chi connectivity index (χ2n) is 6.17. The van der Waals surface area contributed by atoms with E-state index in [2.05, 4.69) is 0 Å².